The molecule has 2 aromatic rings. The summed E-state index contributed by atoms with van der Waals surface area (Å²) in [4.78, 5) is 16.1. The van der Waals surface area contributed by atoms with Crippen molar-refractivity contribution in [2.24, 2.45) is 0 Å². The average Bonchev–Trinajstić information content (AvgIpc) is 3.01. The number of aliphatic hydroxyl groups excluding tert-OH is 1. The van der Waals surface area contributed by atoms with Gasteiger partial charge in [-0.2, -0.15) is 0 Å². The normalized spacial score (nSPS) is 9.76. The molecule has 0 atom stereocenters. The van der Waals surface area contributed by atoms with Crippen molar-refractivity contribution >= 4 is 5.91 Å². The van der Waals surface area contributed by atoms with Crippen LogP contribution in [0, 0.1) is 11.8 Å². The van der Waals surface area contributed by atoms with Gasteiger partial charge < -0.3 is 10.4 Å². The van der Waals surface area contributed by atoms with Crippen LogP contribution in [0.5, 0.6) is 0 Å². The molecule has 0 aliphatic carbocycles. The zero-order valence-electron chi connectivity index (χ0n) is 11.4. The summed E-state index contributed by atoms with van der Waals surface area (Å²) in [5.74, 6) is 5.40. The van der Waals surface area contributed by atoms with Gasteiger partial charge in [-0.15, -0.1) is 5.10 Å². The van der Waals surface area contributed by atoms with E-state index in [1.807, 2.05) is 0 Å². The van der Waals surface area contributed by atoms with Gasteiger partial charge in [-0.1, -0.05) is 17.1 Å². The van der Waals surface area contributed by atoms with E-state index in [0.717, 1.165) is 0 Å². The molecule has 7 nitrogen and oxygen atoms in total. The standard InChI is InChI=1S/C14H15N5O2/c20-10-2-1-3-12-11-15-5-4-13(12)14(21)16-6-8-19-9-7-17-18-19/h4-5,7,9,11,20H,2,6,8,10H2,(H,16,21). The van der Waals surface area contributed by atoms with Crippen LogP contribution in [0.1, 0.15) is 22.3 Å². The summed E-state index contributed by atoms with van der Waals surface area (Å²) in [6, 6.07) is 1.62. The number of carbonyl (C=O) groups is 1. The molecule has 0 saturated heterocycles. The lowest BCUT2D eigenvalue weighted by Gasteiger charge is -2.06. The molecule has 0 radical (unpaired) electrons. The lowest BCUT2D eigenvalue weighted by Crippen LogP contribution is -2.28. The second-order valence-corrected chi connectivity index (χ2v) is 4.12. The molecule has 0 bridgehead atoms. The lowest BCUT2D eigenvalue weighted by atomic mass is 10.1. The highest BCUT2D eigenvalue weighted by Crippen LogP contribution is 2.05. The van der Waals surface area contributed by atoms with Crippen LogP contribution in [-0.4, -0.2) is 44.1 Å². The summed E-state index contributed by atoms with van der Waals surface area (Å²) >= 11 is 0. The maximum Gasteiger partial charge on any atom is 0.252 e. The van der Waals surface area contributed by atoms with Crippen molar-refractivity contribution in [2.75, 3.05) is 13.2 Å². The number of aromatic nitrogens is 4. The minimum absolute atomic E-state index is 0.00724. The Morgan fingerprint density at radius 1 is 1.43 bits per heavy atom. The van der Waals surface area contributed by atoms with Gasteiger partial charge in [0.05, 0.1) is 30.5 Å². The van der Waals surface area contributed by atoms with Gasteiger partial charge in [0.2, 0.25) is 0 Å². The number of carbonyl (C=O) groups excluding carboxylic acids is 1. The molecule has 7 heteroatoms. The molecule has 108 valence electrons. The highest BCUT2D eigenvalue weighted by molar-refractivity contribution is 5.96. The van der Waals surface area contributed by atoms with Crippen LogP contribution < -0.4 is 5.32 Å². The van der Waals surface area contributed by atoms with Gasteiger partial charge in [0.15, 0.2) is 0 Å². The third-order valence-electron chi connectivity index (χ3n) is 2.62. The number of nitrogens with zero attached hydrogens (tertiary/aromatic N) is 4. The molecule has 0 aliphatic rings. The summed E-state index contributed by atoms with van der Waals surface area (Å²) in [7, 11) is 0. The van der Waals surface area contributed by atoms with E-state index in [4.69, 9.17) is 5.11 Å². The molecule has 0 spiro atoms. The average molecular weight is 285 g/mol. The number of aliphatic hydroxyl groups is 1. The second-order valence-electron chi connectivity index (χ2n) is 4.12. The summed E-state index contributed by atoms with van der Waals surface area (Å²) in [5, 5.41) is 19.0. The van der Waals surface area contributed by atoms with Crippen molar-refractivity contribution < 1.29 is 9.90 Å². The second kappa shape index (κ2) is 7.77. The van der Waals surface area contributed by atoms with Gasteiger partial charge >= 0.3 is 0 Å². The molecule has 21 heavy (non-hydrogen) atoms. The Morgan fingerprint density at radius 2 is 2.33 bits per heavy atom. The van der Waals surface area contributed by atoms with Gasteiger partial charge in [-0.3, -0.25) is 14.5 Å². The zero-order valence-corrected chi connectivity index (χ0v) is 11.4. The minimum Gasteiger partial charge on any atom is -0.395 e. The van der Waals surface area contributed by atoms with Crippen molar-refractivity contribution in [1.82, 2.24) is 25.3 Å². The first-order valence-electron chi connectivity index (χ1n) is 6.47. The minimum atomic E-state index is -0.217. The molecular formula is C14H15N5O2. The number of hydrogen-bond donors (Lipinski definition) is 2. The predicted octanol–water partition coefficient (Wildman–Crippen LogP) is -0.163. The van der Waals surface area contributed by atoms with E-state index >= 15 is 0 Å². The van der Waals surface area contributed by atoms with E-state index in [0.29, 0.717) is 30.6 Å². The summed E-state index contributed by atoms with van der Waals surface area (Å²) < 4.78 is 1.63. The molecular weight excluding hydrogens is 270 g/mol. The highest BCUT2D eigenvalue weighted by Gasteiger charge is 2.09. The Balaban J connectivity index is 1.97. The lowest BCUT2D eigenvalue weighted by molar-refractivity contribution is 0.0951. The first-order chi connectivity index (χ1) is 10.3. The Kier molecular flexibility index (Phi) is 5.43. The smallest absolute Gasteiger partial charge is 0.252 e. The molecule has 0 unspecified atom stereocenters. The van der Waals surface area contributed by atoms with Crippen LogP contribution in [0.2, 0.25) is 0 Å². The van der Waals surface area contributed by atoms with E-state index in [9.17, 15) is 4.79 Å². The zero-order chi connectivity index (χ0) is 14.9. The quantitative estimate of drug-likeness (QED) is 0.744. The Bertz CT molecular complexity index is 643. The maximum absolute atomic E-state index is 12.1. The van der Waals surface area contributed by atoms with Crippen molar-refractivity contribution in [3.05, 3.63) is 42.0 Å². The Labute approximate surface area is 122 Å². The molecule has 0 fully saturated rings. The van der Waals surface area contributed by atoms with Gasteiger partial charge in [0.1, 0.15) is 0 Å². The number of hydrogen-bond acceptors (Lipinski definition) is 5. The third kappa shape index (κ3) is 4.40. The van der Waals surface area contributed by atoms with Crippen LogP contribution in [0.3, 0.4) is 0 Å². The summed E-state index contributed by atoms with van der Waals surface area (Å²) in [6.07, 6.45) is 6.76. The van der Waals surface area contributed by atoms with Gasteiger partial charge in [0, 0.05) is 31.6 Å². The molecule has 2 rings (SSSR count). The molecule has 2 N–H and O–H groups in total. The fourth-order valence-electron chi connectivity index (χ4n) is 1.64. The fraction of sp³-hybridized carbons (Fsp3) is 0.286. The van der Waals surface area contributed by atoms with Gasteiger partial charge in [0.25, 0.3) is 5.91 Å². The summed E-state index contributed by atoms with van der Waals surface area (Å²) in [5.41, 5.74) is 1.01. The van der Waals surface area contributed by atoms with Crippen LogP contribution in [0.15, 0.2) is 30.9 Å². The van der Waals surface area contributed by atoms with E-state index in [1.165, 1.54) is 6.20 Å². The monoisotopic (exact) mass is 285 g/mol. The van der Waals surface area contributed by atoms with E-state index < -0.39 is 0 Å². The van der Waals surface area contributed by atoms with Crippen molar-refractivity contribution in [3.8, 4) is 11.8 Å². The van der Waals surface area contributed by atoms with E-state index in [-0.39, 0.29) is 12.5 Å². The first kappa shape index (κ1) is 14.7. The fourth-order valence-corrected chi connectivity index (χ4v) is 1.64. The molecule has 0 aromatic carbocycles. The number of amides is 1. The van der Waals surface area contributed by atoms with Crippen molar-refractivity contribution in [2.45, 2.75) is 13.0 Å². The molecule has 0 saturated carbocycles. The third-order valence-corrected chi connectivity index (χ3v) is 2.62. The molecule has 2 aromatic heterocycles. The largest absolute Gasteiger partial charge is 0.395 e. The molecule has 2 heterocycles. The number of pyridine rings is 1. The predicted molar refractivity (Wildman–Crippen MR) is 75.2 cm³/mol. The maximum atomic E-state index is 12.1. The Hall–Kier alpha value is -2.72. The van der Waals surface area contributed by atoms with Gasteiger partial charge in [-0.05, 0) is 6.07 Å². The topological polar surface area (TPSA) is 92.9 Å². The van der Waals surface area contributed by atoms with E-state index in [1.54, 1.807) is 29.3 Å². The summed E-state index contributed by atoms with van der Waals surface area (Å²) in [6.45, 7) is 0.975. The van der Waals surface area contributed by atoms with E-state index in [2.05, 4.69) is 32.5 Å². The van der Waals surface area contributed by atoms with Crippen LogP contribution >= 0.6 is 0 Å². The molecule has 0 aliphatic heterocycles. The van der Waals surface area contributed by atoms with Crippen LogP contribution in [0.25, 0.3) is 0 Å². The van der Waals surface area contributed by atoms with Crippen molar-refractivity contribution in [3.63, 3.8) is 0 Å². The Morgan fingerprint density at radius 3 is 3.10 bits per heavy atom. The SMILES string of the molecule is O=C(NCCn1ccnn1)c1ccncc1C#CCCO. The molecule has 1 amide bonds. The number of rotatable bonds is 5. The first-order valence-corrected chi connectivity index (χ1v) is 6.47. The number of nitrogens with one attached hydrogen (secondary N) is 1. The van der Waals surface area contributed by atoms with Crippen LogP contribution in [0.4, 0.5) is 0 Å². The highest BCUT2D eigenvalue weighted by atomic mass is 16.2. The van der Waals surface area contributed by atoms with Crippen molar-refractivity contribution in [1.29, 1.82) is 0 Å². The van der Waals surface area contributed by atoms with Crippen LogP contribution in [-0.2, 0) is 6.54 Å². The van der Waals surface area contributed by atoms with Gasteiger partial charge in [-0.25, -0.2) is 0 Å².